The first-order chi connectivity index (χ1) is 25.7. The Balaban J connectivity index is 1.16. The first-order valence-corrected chi connectivity index (χ1v) is 18.0. The van der Waals surface area contributed by atoms with Crippen molar-refractivity contribution in [1.82, 2.24) is 15.0 Å². The summed E-state index contributed by atoms with van der Waals surface area (Å²) in [5.74, 6) is 1.70. The molecule has 52 heavy (non-hydrogen) atoms. The van der Waals surface area contributed by atoms with E-state index in [1.54, 1.807) is 0 Å². The number of fused-ring (bicyclic) bond motifs is 11. The molecule has 11 rings (SSSR count). The molecule has 3 heterocycles. The second-order valence-corrected chi connectivity index (χ2v) is 14.2. The predicted octanol–water partition coefficient (Wildman–Crippen LogP) is 11.8. The van der Waals surface area contributed by atoms with Gasteiger partial charge in [-0.15, -0.1) is 0 Å². The zero-order valence-electron chi connectivity index (χ0n) is 28.2. The van der Waals surface area contributed by atoms with Crippen LogP contribution in [0.15, 0.2) is 130 Å². The highest BCUT2D eigenvalue weighted by Gasteiger charge is 2.45. The fourth-order valence-electron chi connectivity index (χ4n) is 8.99. The lowest BCUT2D eigenvalue weighted by Gasteiger charge is -2.36. The van der Waals surface area contributed by atoms with Crippen molar-refractivity contribution < 1.29 is 8.83 Å². The lowest BCUT2D eigenvalue weighted by Crippen LogP contribution is -2.28. The molecule has 1 spiro atoms. The number of para-hydroxylation sites is 2. The summed E-state index contributed by atoms with van der Waals surface area (Å²) in [6.07, 6.45) is 5.78. The van der Waals surface area contributed by atoms with Crippen LogP contribution in [0.25, 0.3) is 89.2 Å². The third-order valence-corrected chi connectivity index (χ3v) is 11.4. The van der Waals surface area contributed by atoms with E-state index in [1.165, 1.54) is 30.4 Å². The average Bonchev–Trinajstić information content (AvgIpc) is 3.85. The van der Waals surface area contributed by atoms with Crippen LogP contribution in [-0.2, 0) is 5.41 Å². The van der Waals surface area contributed by atoms with E-state index in [0.29, 0.717) is 23.0 Å². The number of hydrogen-bond donors (Lipinski definition) is 0. The molecule has 0 aliphatic heterocycles. The van der Waals surface area contributed by atoms with Gasteiger partial charge in [-0.3, -0.25) is 0 Å². The summed E-state index contributed by atoms with van der Waals surface area (Å²) in [5.41, 5.74) is 11.3. The van der Waals surface area contributed by atoms with E-state index in [2.05, 4.69) is 72.8 Å². The van der Waals surface area contributed by atoms with Gasteiger partial charge >= 0.3 is 0 Å². The molecule has 1 fully saturated rings. The molecule has 0 atom stereocenters. The quantitative estimate of drug-likeness (QED) is 0.186. The Bertz CT molecular complexity index is 2840. The van der Waals surface area contributed by atoms with Crippen LogP contribution >= 0.6 is 0 Å². The molecule has 246 valence electrons. The molecule has 0 N–H and O–H groups in total. The average molecular weight is 671 g/mol. The van der Waals surface area contributed by atoms with Crippen molar-refractivity contribution in [3.05, 3.63) is 138 Å². The molecule has 0 saturated heterocycles. The first-order valence-electron chi connectivity index (χ1n) is 18.0. The summed E-state index contributed by atoms with van der Waals surface area (Å²) >= 11 is 0. The fourth-order valence-corrected chi connectivity index (χ4v) is 8.99. The predicted molar refractivity (Wildman–Crippen MR) is 205 cm³/mol. The second-order valence-electron chi connectivity index (χ2n) is 14.2. The topological polar surface area (TPSA) is 88.7 Å². The van der Waals surface area contributed by atoms with Crippen molar-refractivity contribution in [3.63, 3.8) is 0 Å². The van der Waals surface area contributed by atoms with Gasteiger partial charge in [0, 0.05) is 43.7 Å². The van der Waals surface area contributed by atoms with Crippen LogP contribution in [-0.4, -0.2) is 15.0 Å². The van der Waals surface area contributed by atoms with Crippen molar-refractivity contribution >= 4 is 43.9 Å². The number of benzene rings is 6. The van der Waals surface area contributed by atoms with Crippen LogP contribution in [0.5, 0.6) is 0 Å². The normalized spacial score (nSPS) is 14.7. The minimum Gasteiger partial charge on any atom is -0.456 e. The van der Waals surface area contributed by atoms with Gasteiger partial charge in [-0.1, -0.05) is 92.1 Å². The Morgan fingerprint density at radius 3 is 1.73 bits per heavy atom. The van der Waals surface area contributed by atoms with Crippen LogP contribution in [0.2, 0.25) is 0 Å². The lowest BCUT2D eigenvalue weighted by molar-refractivity contribution is 0.353. The van der Waals surface area contributed by atoms with Crippen molar-refractivity contribution in [1.29, 1.82) is 5.26 Å². The van der Waals surface area contributed by atoms with Gasteiger partial charge in [0.15, 0.2) is 17.5 Å². The molecule has 6 nitrogen and oxygen atoms in total. The molecule has 0 bridgehead atoms. The standard InChI is InChI=1S/C46H30N4O2/c47-26-27-15-20-36-35(23-27)42-34(11-8-12-37(42)46(36)21-6-1-7-22-46)45-49-43(28-16-18-32-30-9-2-4-13-38(30)51-40(32)24-28)48-44(50-45)29-17-19-33-31-10-3-5-14-39(31)52-41(33)25-29/h2-5,8-20,23-25H,1,6-7,21-22H2. The number of hydrogen-bond acceptors (Lipinski definition) is 6. The van der Waals surface area contributed by atoms with Gasteiger partial charge in [-0.2, -0.15) is 5.26 Å². The molecule has 2 aliphatic carbocycles. The van der Waals surface area contributed by atoms with Crippen molar-refractivity contribution in [2.24, 2.45) is 0 Å². The van der Waals surface area contributed by atoms with Crippen LogP contribution in [0.4, 0.5) is 0 Å². The van der Waals surface area contributed by atoms with Gasteiger partial charge in [0.25, 0.3) is 0 Å². The molecular formula is C46H30N4O2. The smallest absolute Gasteiger partial charge is 0.164 e. The van der Waals surface area contributed by atoms with Gasteiger partial charge in [-0.05, 0) is 83.6 Å². The summed E-state index contributed by atoms with van der Waals surface area (Å²) in [6, 6.07) is 43.7. The van der Waals surface area contributed by atoms with E-state index in [0.717, 1.165) is 84.5 Å². The Labute approximate surface area is 299 Å². The number of rotatable bonds is 3. The van der Waals surface area contributed by atoms with Crippen molar-refractivity contribution in [2.75, 3.05) is 0 Å². The maximum Gasteiger partial charge on any atom is 0.164 e. The van der Waals surface area contributed by atoms with Gasteiger partial charge in [0.2, 0.25) is 0 Å². The van der Waals surface area contributed by atoms with Crippen molar-refractivity contribution in [3.8, 4) is 51.4 Å². The first kappa shape index (κ1) is 29.2. The summed E-state index contributed by atoms with van der Waals surface area (Å²) < 4.78 is 12.6. The highest BCUT2D eigenvalue weighted by molar-refractivity contribution is 6.07. The zero-order valence-corrected chi connectivity index (χ0v) is 28.2. The summed E-state index contributed by atoms with van der Waals surface area (Å²) in [5, 5.41) is 14.2. The Morgan fingerprint density at radius 2 is 1.10 bits per heavy atom. The Morgan fingerprint density at radius 1 is 0.500 bits per heavy atom. The molecule has 0 radical (unpaired) electrons. The number of nitriles is 1. The van der Waals surface area contributed by atoms with Crippen LogP contribution < -0.4 is 0 Å². The van der Waals surface area contributed by atoms with Gasteiger partial charge in [0.05, 0.1) is 11.6 Å². The summed E-state index contributed by atoms with van der Waals surface area (Å²) in [6.45, 7) is 0. The van der Waals surface area contributed by atoms with E-state index < -0.39 is 0 Å². The number of nitrogens with zero attached hydrogens (tertiary/aromatic N) is 4. The number of furan rings is 2. The number of aromatic nitrogens is 3. The highest BCUT2D eigenvalue weighted by Crippen LogP contribution is 2.58. The molecule has 9 aromatic rings. The van der Waals surface area contributed by atoms with Crippen LogP contribution in [0, 0.1) is 11.3 Å². The molecule has 0 unspecified atom stereocenters. The maximum absolute atomic E-state index is 9.97. The highest BCUT2D eigenvalue weighted by atomic mass is 16.3. The molecule has 3 aromatic heterocycles. The molecular weight excluding hydrogens is 641 g/mol. The van der Waals surface area contributed by atoms with Gasteiger partial charge in [-0.25, -0.2) is 15.0 Å². The molecule has 2 aliphatic rings. The largest absolute Gasteiger partial charge is 0.456 e. The second kappa shape index (κ2) is 11.0. The molecule has 1 saturated carbocycles. The van der Waals surface area contributed by atoms with Crippen LogP contribution in [0.1, 0.15) is 48.8 Å². The molecule has 6 heteroatoms. The minimum atomic E-state index is -0.0791. The van der Waals surface area contributed by atoms with Crippen LogP contribution in [0.3, 0.4) is 0 Å². The minimum absolute atomic E-state index is 0.0791. The third kappa shape index (κ3) is 4.20. The van der Waals surface area contributed by atoms with E-state index in [1.807, 2.05) is 54.6 Å². The lowest BCUT2D eigenvalue weighted by atomic mass is 9.67. The molecule has 6 aromatic carbocycles. The van der Waals surface area contributed by atoms with Gasteiger partial charge in [0.1, 0.15) is 22.3 Å². The zero-order chi connectivity index (χ0) is 34.4. The van der Waals surface area contributed by atoms with Gasteiger partial charge < -0.3 is 8.83 Å². The SMILES string of the molecule is N#Cc1ccc2c(c1)-c1c(-c3nc(-c4ccc5c(c4)oc4ccccc45)nc(-c4ccc5c(c4)oc4ccccc45)n3)cccc1C21CCCCC1. The van der Waals surface area contributed by atoms with E-state index >= 15 is 0 Å². The van der Waals surface area contributed by atoms with Crippen molar-refractivity contribution in [2.45, 2.75) is 37.5 Å². The summed E-state index contributed by atoms with van der Waals surface area (Å²) in [7, 11) is 0. The van der Waals surface area contributed by atoms with E-state index in [9.17, 15) is 5.26 Å². The third-order valence-electron chi connectivity index (χ3n) is 11.4. The Hall–Kier alpha value is -6.58. The van der Waals surface area contributed by atoms with E-state index in [4.69, 9.17) is 23.8 Å². The summed E-state index contributed by atoms with van der Waals surface area (Å²) in [4.78, 5) is 15.6. The fraction of sp³-hybridized carbons (Fsp3) is 0.130. The maximum atomic E-state index is 9.97. The Kier molecular flexibility index (Phi) is 6.15. The molecule has 0 amide bonds. The monoisotopic (exact) mass is 670 g/mol. The van der Waals surface area contributed by atoms with E-state index in [-0.39, 0.29) is 5.41 Å².